The minimum absolute atomic E-state index is 0.000759. The van der Waals surface area contributed by atoms with Crippen LogP contribution in [0.25, 0.3) is 0 Å². The van der Waals surface area contributed by atoms with Crippen LogP contribution in [0.5, 0.6) is 0 Å². The van der Waals surface area contributed by atoms with Crippen molar-refractivity contribution in [1.29, 1.82) is 0 Å². The molecule has 0 saturated heterocycles. The third-order valence-electron chi connectivity index (χ3n) is 1.93. The molecular formula is C9H12N4O4S2. The Morgan fingerprint density at radius 1 is 1.47 bits per heavy atom. The minimum atomic E-state index is -3.85. The lowest BCUT2D eigenvalue weighted by Crippen LogP contribution is -2.31. The van der Waals surface area contributed by atoms with Gasteiger partial charge in [0.25, 0.3) is 0 Å². The Morgan fingerprint density at radius 3 is 2.74 bits per heavy atom. The van der Waals surface area contributed by atoms with Gasteiger partial charge in [0, 0.05) is 12.7 Å². The molecule has 10 heteroatoms. The summed E-state index contributed by atoms with van der Waals surface area (Å²) in [6.07, 6.45) is 0.397. The number of aromatic nitrogens is 1. The summed E-state index contributed by atoms with van der Waals surface area (Å²) in [6.45, 7) is -0.311. The van der Waals surface area contributed by atoms with Crippen LogP contribution < -0.4 is 16.2 Å². The van der Waals surface area contributed by atoms with Gasteiger partial charge in [-0.3, -0.25) is 4.98 Å². The number of sulfonamides is 1. The number of pyridine rings is 1. The summed E-state index contributed by atoms with van der Waals surface area (Å²) in [6, 6.07) is 2.76. The predicted octanol–water partition coefficient (Wildman–Crippen LogP) is -0.911. The van der Waals surface area contributed by atoms with Gasteiger partial charge in [0.15, 0.2) is 0 Å². The molecule has 0 aliphatic carbocycles. The third-order valence-corrected chi connectivity index (χ3v) is 3.62. The van der Waals surface area contributed by atoms with E-state index >= 15 is 0 Å². The molecule has 0 radical (unpaired) electrons. The van der Waals surface area contributed by atoms with Gasteiger partial charge in [-0.1, -0.05) is 12.2 Å². The van der Waals surface area contributed by atoms with Crippen LogP contribution in [-0.2, 0) is 14.8 Å². The molecule has 1 amide bonds. The molecule has 0 spiro atoms. The van der Waals surface area contributed by atoms with Crippen LogP contribution >= 0.6 is 12.2 Å². The fourth-order valence-electron chi connectivity index (χ4n) is 1.20. The second kappa shape index (κ2) is 6.41. The molecule has 0 fully saturated rings. The molecule has 19 heavy (non-hydrogen) atoms. The van der Waals surface area contributed by atoms with Gasteiger partial charge in [-0.2, -0.15) is 0 Å². The maximum absolute atomic E-state index is 12.0. The van der Waals surface area contributed by atoms with E-state index in [0.29, 0.717) is 0 Å². The maximum atomic E-state index is 12.0. The third kappa shape index (κ3) is 4.43. The standard InChI is InChI=1S/C9H12N4O4S2/c10-8(18)7-6(2-1-3-12-7)19(15,16)13-4-5-17-9(11)14/h1-3,13H,4-5H2,(H2,10,18)(H2,11,14). The summed E-state index contributed by atoms with van der Waals surface area (Å²) in [4.78, 5) is 13.9. The first-order valence-corrected chi connectivity index (χ1v) is 6.90. The van der Waals surface area contributed by atoms with Crippen LogP contribution in [-0.4, -0.2) is 37.6 Å². The van der Waals surface area contributed by atoms with Gasteiger partial charge >= 0.3 is 6.09 Å². The number of ether oxygens (including phenoxy) is 1. The lowest BCUT2D eigenvalue weighted by molar-refractivity contribution is 0.159. The van der Waals surface area contributed by atoms with E-state index < -0.39 is 16.1 Å². The fourth-order valence-corrected chi connectivity index (χ4v) is 2.61. The molecule has 0 aliphatic heterocycles. The van der Waals surface area contributed by atoms with Gasteiger partial charge in [-0.15, -0.1) is 0 Å². The SMILES string of the molecule is NC(=O)OCCNS(=O)(=O)c1cccnc1C(N)=S. The van der Waals surface area contributed by atoms with Crippen LogP contribution in [0.1, 0.15) is 5.69 Å². The molecule has 0 unspecified atom stereocenters. The zero-order chi connectivity index (χ0) is 14.5. The number of hydrogen-bond acceptors (Lipinski definition) is 6. The van der Waals surface area contributed by atoms with Crippen molar-refractivity contribution in [2.75, 3.05) is 13.2 Å². The van der Waals surface area contributed by atoms with E-state index in [9.17, 15) is 13.2 Å². The molecule has 1 rings (SSSR count). The van der Waals surface area contributed by atoms with Crippen molar-refractivity contribution in [1.82, 2.24) is 9.71 Å². The predicted molar refractivity (Wildman–Crippen MR) is 70.8 cm³/mol. The number of nitrogens with two attached hydrogens (primary N) is 2. The van der Waals surface area contributed by atoms with Gasteiger partial charge in [0.05, 0.1) is 0 Å². The van der Waals surface area contributed by atoms with E-state index in [0.717, 1.165) is 0 Å². The van der Waals surface area contributed by atoms with E-state index in [1.54, 1.807) is 0 Å². The summed E-state index contributed by atoms with van der Waals surface area (Å²) in [7, 11) is -3.85. The minimum Gasteiger partial charge on any atom is -0.448 e. The number of rotatable bonds is 6. The molecular weight excluding hydrogens is 292 g/mol. The number of amides is 1. The number of thiocarbonyl (C=S) groups is 1. The highest BCUT2D eigenvalue weighted by Gasteiger charge is 2.20. The van der Waals surface area contributed by atoms with Crippen molar-refractivity contribution in [2.24, 2.45) is 11.5 Å². The van der Waals surface area contributed by atoms with Crippen molar-refractivity contribution in [3.8, 4) is 0 Å². The normalized spacial score (nSPS) is 10.9. The first-order valence-electron chi connectivity index (χ1n) is 5.01. The second-order valence-electron chi connectivity index (χ2n) is 3.28. The van der Waals surface area contributed by atoms with Crippen LogP contribution in [0, 0.1) is 0 Å². The number of carbonyl (C=O) groups excluding carboxylic acids is 1. The van der Waals surface area contributed by atoms with Crippen LogP contribution in [0.15, 0.2) is 23.2 Å². The molecule has 0 aromatic carbocycles. The topological polar surface area (TPSA) is 137 Å². The van der Waals surface area contributed by atoms with E-state index in [-0.39, 0.29) is 28.7 Å². The number of nitrogens with zero attached hydrogens (tertiary/aromatic N) is 1. The number of hydrogen-bond donors (Lipinski definition) is 3. The van der Waals surface area contributed by atoms with Gasteiger partial charge in [0.1, 0.15) is 22.2 Å². The monoisotopic (exact) mass is 304 g/mol. The van der Waals surface area contributed by atoms with Crippen molar-refractivity contribution in [2.45, 2.75) is 4.90 Å². The summed E-state index contributed by atoms with van der Waals surface area (Å²) < 4.78 is 30.5. The van der Waals surface area contributed by atoms with Crippen molar-refractivity contribution < 1.29 is 17.9 Å². The van der Waals surface area contributed by atoms with Crippen molar-refractivity contribution in [3.05, 3.63) is 24.0 Å². The summed E-state index contributed by atoms with van der Waals surface area (Å²) in [5.74, 6) is 0. The molecule has 0 atom stereocenters. The summed E-state index contributed by atoms with van der Waals surface area (Å²) >= 11 is 4.73. The van der Waals surface area contributed by atoms with Gasteiger partial charge in [0.2, 0.25) is 10.0 Å². The average molecular weight is 304 g/mol. The smallest absolute Gasteiger partial charge is 0.404 e. The van der Waals surface area contributed by atoms with Crippen LogP contribution in [0.2, 0.25) is 0 Å². The second-order valence-corrected chi connectivity index (χ2v) is 5.45. The first kappa shape index (κ1) is 15.3. The molecule has 8 nitrogen and oxygen atoms in total. The largest absolute Gasteiger partial charge is 0.448 e. The Morgan fingerprint density at radius 2 is 2.16 bits per heavy atom. The Labute approximate surface area is 115 Å². The quantitative estimate of drug-likeness (QED) is 0.457. The Hall–Kier alpha value is -1.78. The Bertz CT molecular complexity index is 588. The summed E-state index contributed by atoms with van der Waals surface area (Å²) in [5, 5.41) is 0. The molecule has 1 heterocycles. The molecule has 0 saturated carbocycles. The highest BCUT2D eigenvalue weighted by Crippen LogP contribution is 2.12. The van der Waals surface area contributed by atoms with Crippen LogP contribution in [0.3, 0.4) is 0 Å². The highest BCUT2D eigenvalue weighted by molar-refractivity contribution is 7.89. The molecule has 1 aromatic rings. The van der Waals surface area contributed by atoms with Gasteiger partial charge in [-0.25, -0.2) is 17.9 Å². The van der Waals surface area contributed by atoms with E-state index in [1.165, 1.54) is 18.3 Å². The number of carbonyl (C=O) groups is 1. The lowest BCUT2D eigenvalue weighted by atomic mass is 10.3. The zero-order valence-electron chi connectivity index (χ0n) is 9.70. The Balaban J connectivity index is 2.83. The number of primary amides is 1. The first-order chi connectivity index (χ1) is 8.84. The molecule has 104 valence electrons. The van der Waals surface area contributed by atoms with Gasteiger partial charge < -0.3 is 16.2 Å². The van der Waals surface area contributed by atoms with Crippen LogP contribution in [0.4, 0.5) is 4.79 Å². The number of nitrogens with one attached hydrogen (secondary N) is 1. The molecule has 0 bridgehead atoms. The molecule has 5 N–H and O–H groups in total. The van der Waals surface area contributed by atoms with Crippen molar-refractivity contribution in [3.63, 3.8) is 0 Å². The lowest BCUT2D eigenvalue weighted by Gasteiger charge is -2.09. The van der Waals surface area contributed by atoms with E-state index in [2.05, 4.69) is 14.4 Å². The fraction of sp³-hybridized carbons (Fsp3) is 0.222. The molecule has 0 aliphatic rings. The highest BCUT2D eigenvalue weighted by atomic mass is 32.2. The van der Waals surface area contributed by atoms with Crippen molar-refractivity contribution >= 4 is 33.3 Å². The molecule has 1 aromatic heterocycles. The van der Waals surface area contributed by atoms with E-state index in [1.807, 2.05) is 0 Å². The Kier molecular flexibility index (Phi) is 5.15. The average Bonchev–Trinajstić information content (AvgIpc) is 2.34. The maximum Gasteiger partial charge on any atom is 0.404 e. The zero-order valence-corrected chi connectivity index (χ0v) is 11.3. The van der Waals surface area contributed by atoms with Gasteiger partial charge in [-0.05, 0) is 12.1 Å². The van der Waals surface area contributed by atoms with E-state index in [4.69, 9.17) is 23.7 Å². The summed E-state index contributed by atoms with van der Waals surface area (Å²) in [5.41, 5.74) is 10.1.